The average Bonchev–Trinajstić information content (AvgIpc) is 2.88. The summed E-state index contributed by atoms with van der Waals surface area (Å²) in [6.45, 7) is 0. The molecule has 1 heterocycles. The van der Waals surface area contributed by atoms with Crippen molar-refractivity contribution in [1.29, 1.82) is 0 Å². The van der Waals surface area contributed by atoms with E-state index in [9.17, 15) is 9.90 Å². The van der Waals surface area contributed by atoms with Crippen LogP contribution in [0, 0.1) is 7.14 Å². The van der Waals surface area contributed by atoms with Gasteiger partial charge in [-0.1, -0.05) is 6.07 Å². The SMILES string of the molecule is O=C(N/N=C\c1cc(I)cc(I)c1O)c1cccs1. The number of rotatable bonds is 3. The number of carbonyl (C=O) groups excluding carboxylic acids is 1. The summed E-state index contributed by atoms with van der Waals surface area (Å²) in [5, 5.41) is 15.5. The van der Waals surface area contributed by atoms with Crippen molar-refractivity contribution >= 4 is 68.6 Å². The highest BCUT2D eigenvalue weighted by molar-refractivity contribution is 14.1. The molecule has 0 atom stereocenters. The predicted octanol–water partition coefficient (Wildman–Crippen LogP) is 3.43. The molecule has 2 aromatic rings. The average molecular weight is 498 g/mol. The van der Waals surface area contributed by atoms with Crippen molar-refractivity contribution in [3.05, 3.63) is 47.2 Å². The van der Waals surface area contributed by atoms with E-state index in [1.165, 1.54) is 17.6 Å². The number of hydrogen-bond acceptors (Lipinski definition) is 4. The van der Waals surface area contributed by atoms with E-state index >= 15 is 0 Å². The summed E-state index contributed by atoms with van der Waals surface area (Å²) in [7, 11) is 0. The Labute approximate surface area is 141 Å². The number of phenols is 1. The molecule has 0 bridgehead atoms. The van der Waals surface area contributed by atoms with E-state index in [0.29, 0.717) is 10.4 Å². The number of amides is 1. The molecule has 1 aromatic heterocycles. The Morgan fingerprint density at radius 2 is 2.21 bits per heavy atom. The summed E-state index contributed by atoms with van der Waals surface area (Å²) in [6, 6.07) is 7.18. The largest absolute Gasteiger partial charge is 0.506 e. The van der Waals surface area contributed by atoms with Gasteiger partial charge in [0.25, 0.3) is 5.91 Å². The molecule has 0 saturated heterocycles. The highest BCUT2D eigenvalue weighted by Gasteiger charge is 2.06. The summed E-state index contributed by atoms with van der Waals surface area (Å²) < 4.78 is 1.74. The molecule has 0 aliphatic carbocycles. The van der Waals surface area contributed by atoms with Gasteiger partial charge in [-0.3, -0.25) is 4.79 Å². The normalized spacial score (nSPS) is 10.8. The number of hydrogen-bond donors (Lipinski definition) is 2. The minimum absolute atomic E-state index is 0.162. The third kappa shape index (κ3) is 3.89. The lowest BCUT2D eigenvalue weighted by Crippen LogP contribution is -2.16. The molecule has 0 radical (unpaired) electrons. The van der Waals surface area contributed by atoms with Crippen molar-refractivity contribution in [2.45, 2.75) is 0 Å². The molecule has 0 aliphatic heterocycles. The van der Waals surface area contributed by atoms with Crippen molar-refractivity contribution in [2.24, 2.45) is 5.10 Å². The molecule has 1 aromatic carbocycles. The van der Waals surface area contributed by atoms with Gasteiger partial charge in [-0.15, -0.1) is 11.3 Å². The molecule has 1 amide bonds. The van der Waals surface area contributed by atoms with Gasteiger partial charge in [0.05, 0.1) is 14.7 Å². The fraction of sp³-hybridized carbons (Fsp3) is 0. The number of nitrogens with zero attached hydrogens (tertiary/aromatic N) is 1. The van der Waals surface area contributed by atoms with Crippen LogP contribution in [-0.4, -0.2) is 17.2 Å². The molecular formula is C12H8I2N2O2S. The van der Waals surface area contributed by atoms with E-state index < -0.39 is 0 Å². The molecule has 0 saturated carbocycles. The number of thiophene rings is 1. The third-order valence-electron chi connectivity index (χ3n) is 2.17. The fourth-order valence-electron chi connectivity index (χ4n) is 1.31. The highest BCUT2D eigenvalue weighted by Crippen LogP contribution is 2.25. The number of phenolic OH excluding ortho intramolecular Hbond substituents is 1. The minimum Gasteiger partial charge on any atom is -0.506 e. The van der Waals surface area contributed by atoms with Gasteiger partial charge >= 0.3 is 0 Å². The first-order valence-electron chi connectivity index (χ1n) is 5.13. The molecule has 98 valence electrons. The highest BCUT2D eigenvalue weighted by atomic mass is 127. The maximum atomic E-state index is 11.6. The van der Waals surface area contributed by atoms with Crippen molar-refractivity contribution in [3.8, 4) is 5.75 Å². The molecule has 0 aliphatic rings. The van der Waals surface area contributed by atoms with Crippen LogP contribution < -0.4 is 5.43 Å². The van der Waals surface area contributed by atoms with Gasteiger partial charge in [0.15, 0.2) is 0 Å². The second kappa shape index (κ2) is 6.66. The van der Waals surface area contributed by atoms with Crippen LogP contribution in [0.3, 0.4) is 0 Å². The van der Waals surface area contributed by atoms with Crippen LogP contribution in [0.25, 0.3) is 0 Å². The summed E-state index contributed by atoms with van der Waals surface area (Å²) in [4.78, 5) is 12.2. The predicted molar refractivity (Wildman–Crippen MR) is 92.9 cm³/mol. The Morgan fingerprint density at radius 1 is 1.42 bits per heavy atom. The van der Waals surface area contributed by atoms with Crippen molar-refractivity contribution in [2.75, 3.05) is 0 Å². The molecular weight excluding hydrogens is 490 g/mol. The van der Waals surface area contributed by atoms with Crippen molar-refractivity contribution in [1.82, 2.24) is 5.43 Å². The number of aromatic hydroxyl groups is 1. The molecule has 0 unspecified atom stereocenters. The zero-order chi connectivity index (χ0) is 13.8. The van der Waals surface area contributed by atoms with Gasteiger partial charge < -0.3 is 5.11 Å². The number of nitrogens with one attached hydrogen (secondary N) is 1. The maximum absolute atomic E-state index is 11.6. The van der Waals surface area contributed by atoms with E-state index in [1.807, 2.05) is 34.0 Å². The van der Waals surface area contributed by atoms with Crippen LogP contribution in [0.2, 0.25) is 0 Å². The molecule has 0 spiro atoms. The molecule has 7 heteroatoms. The second-order valence-electron chi connectivity index (χ2n) is 3.50. The molecule has 0 fully saturated rings. The first-order valence-corrected chi connectivity index (χ1v) is 8.16. The third-order valence-corrected chi connectivity index (χ3v) is 4.49. The topological polar surface area (TPSA) is 61.7 Å². The Bertz CT molecular complexity index is 627. The number of halogens is 2. The minimum atomic E-state index is -0.258. The molecule has 2 rings (SSSR count). The number of carbonyl (C=O) groups is 1. The summed E-state index contributed by atoms with van der Waals surface area (Å²) >= 11 is 5.55. The van der Waals surface area contributed by atoms with E-state index in [0.717, 1.165) is 7.14 Å². The lowest BCUT2D eigenvalue weighted by Gasteiger charge is -2.02. The molecule has 2 N–H and O–H groups in total. The Morgan fingerprint density at radius 3 is 2.89 bits per heavy atom. The Kier molecular flexibility index (Phi) is 5.16. The maximum Gasteiger partial charge on any atom is 0.281 e. The quantitative estimate of drug-likeness (QED) is 0.388. The van der Waals surface area contributed by atoms with E-state index in [-0.39, 0.29) is 11.7 Å². The smallest absolute Gasteiger partial charge is 0.281 e. The fourth-order valence-corrected chi connectivity index (χ4v) is 3.81. The van der Waals surface area contributed by atoms with Gasteiger partial charge in [-0.25, -0.2) is 5.43 Å². The van der Waals surface area contributed by atoms with Gasteiger partial charge in [-0.05, 0) is 68.8 Å². The summed E-state index contributed by atoms with van der Waals surface area (Å²) in [5.41, 5.74) is 3.00. The van der Waals surface area contributed by atoms with Gasteiger partial charge in [-0.2, -0.15) is 5.10 Å². The van der Waals surface area contributed by atoms with Crippen LogP contribution in [0.1, 0.15) is 15.2 Å². The number of hydrazone groups is 1. The van der Waals surface area contributed by atoms with Crippen LogP contribution in [0.4, 0.5) is 0 Å². The lowest BCUT2D eigenvalue weighted by atomic mass is 10.2. The zero-order valence-corrected chi connectivity index (χ0v) is 14.6. The van der Waals surface area contributed by atoms with Crippen LogP contribution in [0.15, 0.2) is 34.7 Å². The van der Waals surface area contributed by atoms with Gasteiger partial charge in [0, 0.05) is 9.13 Å². The van der Waals surface area contributed by atoms with Crippen LogP contribution >= 0.6 is 56.5 Å². The van der Waals surface area contributed by atoms with E-state index in [4.69, 9.17) is 0 Å². The summed E-state index contributed by atoms with van der Waals surface area (Å²) in [6.07, 6.45) is 1.44. The Hall–Kier alpha value is -0.680. The first kappa shape index (κ1) is 14.7. The van der Waals surface area contributed by atoms with Gasteiger partial charge in [0.2, 0.25) is 0 Å². The lowest BCUT2D eigenvalue weighted by molar-refractivity contribution is 0.0959. The first-order chi connectivity index (χ1) is 9.08. The van der Waals surface area contributed by atoms with Crippen LogP contribution in [0.5, 0.6) is 5.75 Å². The second-order valence-corrected chi connectivity index (χ2v) is 6.86. The monoisotopic (exact) mass is 498 g/mol. The molecule has 4 nitrogen and oxygen atoms in total. The van der Waals surface area contributed by atoms with E-state index in [2.05, 4.69) is 33.1 Å². The molecule has 19 heavy (non-hydrogen) atoms. The zero-order valence-electron chi connectivity index (χ0n) is 9.43. The summed E-state index contributed by atoms with van der Waals surface area (Å²) in [5.74, 6) is -0.0961. The number of benzene rings is 1. The Balaban J connectivity index is 2.09. The van der Waals surface area contributed by atoms with Crippen molar-refractivity contribution < 1.29 is 9.90 Å². The van der Waals surface area contributed by atoms with Crippen molar-refractivity contribution in [3.63, 3.8) is 0 Å². The van der Waals surface area contributed by atoms with Crippen LogP contribution in [-0.2, 0) is 0 Å². The standard InChI is InChI=1S/C12H8I2N2O2S/c13-8-4-7(11(17)9(14)5-8)6-15-16-12(18)10-2-1-3-19-10/h1-6,17H,(H,16,18)/b15-6-. The van der Waals surface area contributed by atoms with E-state index in [1.54, 1.807) is 18.2 Å². The van der Waals surface area contributed by atoms with Gasteiger partial charge in [0.1, 0.15) is 5.75 Å².